The number of nitrogens with one attached hydrogen (secondary N) is 1. The van der Waals surface area contributed by atoms with Crippen molar-refractivity contribution in [1.82, 2.24) is 0 Å². The van der Waals surface area contributed by atoms with Crippen LogP contribution in [0.1, 0.15) is 32.1 Å². The smallest absolute Gasteiger partial charge is 0.226 e. The standard InChI is InChI=1S/C15H22N2O2/c16-13-5-2-6-14(11-13)17-15(18)8-10-19-9-7-12-3-1-4-12/h2,5-6,11-12H,1,3-4,7-10,16H2,(H,17,18). The molecule has 1 aliphatic carbocycles. The van der Waals surface area contributed by atoms with Gasteiger partial charge in [-0.3, -0.25) is 4.79 Å². The Morgan fingerprint density at radius 3 is 2.89 bits per heavy atom. The van der Waals surface area contributed by atoms with Crippen molar-refractivity contribution in [2.75, 3.05) is 24.3 Å². The lowest BCUT2D eigenvalue weighted by Crippen LogP contribution is -2.16. The Kier molecular flexibility index (Phi) is 5.21. The maximum Gasteiger partial charge on any atom is 0.226 e. The summed E-state index contributed by atoms with van der Waals surface area (Å²) in [6, 6.07) is 7.18. The zero-order valence-corrected chi connectivity index (χ0v) is 11.2. The van der Waals surface area contributed by atoms with E-state index < -0.39 is 0 Å². The van der Waals surface area contributed by atoms with Crippen LogP contribution >= 0.6 is 0 Å². The van der Waals surface area contributed by atoms with Crippen LogP contribution in [-0.4, -0.2) is 19.1 Å². The number of benzene rings is 1. The van der Waals surface area contributed by atoms with Gasteiger partial charge in [0.25, 0.3) is 0 Å². The molecule has 0 bridgehead atoms. The summed E-state index contributed by atoms with van der Waals surface area (Å²) >= 11 is 0. The van der Waals surface area contributed by atoms with E-state index in [4.69, 9.17) is 10.5 Å². The number of hydrogen-bond donors (Lipinski definition) is 2. The first-order valence-electron chi connectivity index (χ1n) is 6.97. The van der Waals surface area contributed by atoms with Crippen LogP contribution in [0.5, 0.6) is 0 Å². The van der Waals surface area contributed by atoms with Gasteiger partial charge in [0.2, 0.25) is 5.91 Å². The molecular formula is C15H22N2O2. The van der Waals surface area contributed by atoms with Crippen molar-refractivity contribution in [3.8, 4) is 0 Å². The maximum absolute atomic E-state index is 11.7. The van der Waals surface area contributed by atoms with Crippen molar-refractivity contribution < 1.29 is 9.53 Å². The van der Waals surface area contributed by atoms with E-state index >= 15 is 0 Å². The monoisotopic (exact) mass is 262 g/mol. The lowest BCUT2D eigenvalue weighted by Gasteiger charge is -2.24. The van der Waals surface area contributed by atoms with Crippen molar-refractivity contribution in [1.29, 1.82) is 0 Å². The molecule has 2 rings (SSSR count). The highest BCUT2D eigenvalue weighted by Gasteiger charge is 2.16. The zero-order chi connectivity index (χ0) is 13.5. The van der Waals surface area contributed by atoms with E-state index in [1.165, 1.54) is 19.3 Å². The molecule has 19 heavy (non-hydrogen) atoms. The maximum atomic E-state index is 11.7. The summed E-state index contributed by atoms with van der Waals surface area (Å²) in [7, 11) is 0. The Morgan fingerprint density at radius 2 is 2.21 bits per heavy atom. The highest BCUT2D eigenvalue weighted by atomic mass is 16.5. The first-order chi connectivity index (χ1) is 9.24. The molecule has 4 nitrogen and oxygen atoms in total. The first kappa shape index (κ1) is 13.9. The van der Waals surface area contributed by atoms with Gasteiger partial charge in [0.1, 0.15) is 0 Å². The van der Waals surface area contributed by atoms with Gasteiger partial charge in [-0.05, 0) is 30.5 Å². The Hall–Kier alpha value is -1.55. The van der Waals surface area contributed by atoms with Crippen molar-refractivity contribution in [3.05, 3.63) is 24.3 Å². The van der Waals surface area contributed by atoms with Crippen molar-refractivity contribution in [2.45, 2.75) is 32.1 Å². The van der Waals surface area contributed by atoms with Crippen molar-refractivity contribution in [3.63, 3.8) is 0 Å². The number of carbonyl (C=O) groups is 1. The summed E-state index contributed by atoms with van der Waals surface area (Å²) in [6.45, 7) is 1.26. The fourth-order valence-electron chi connectivity index (χ4n) is 2.14. The van der Waals surface area contributed by atoms with E-state index in [9.17, 15) is 4.79 Å². The molecule has 3 N–H and O–H groups in total. The number of hydrogen-bond acceptors (Lipinski definition) is 3. The molecule has 0 saturated heterocycles. The number of carbonyl (C=O) groups excluding carboxylic acids is 1. The van der Waals surface area contributed by atoms with Gasteiger partial charge in [-0.15, -0.1) is 0 Å². The van der Waals surface area contributed by atoms with Crippen LogP contribution in [0.15, 0.2) is 24.3 Å². The molecule has 104 valence electrons. The van der Waals surface area contributed by atoms with E-state index in [1.807, 2.05) is 12.1 Å². The number of nitrogen functional groups attached to an aromatic ring is 1. The lowest BCUT2D eigenvalue weighted by molar-refractivity contribution is -0.117. The molecule has 0 unspecified atom stereocenters. The van der Waals surface area contributed by atoms with Gasteiger partial charge in [-0.1, -0.05) is 25.3 Å². The number of nitrogens with two attached hydrogens (primary N) is 1. The van der Waals surface area contributed by atoms with Gasteiger partial charge in [-0.25, -0.2) is 0 Å². The number of amides is 1. The minimum absolute atomic E-state index is 0.0331. The molecule has 4 heteroatoms. The molecule has 0 aromatic heterocycles. The fourth-order valence-corrected chi connectivity index (χ4v) is 2.14. The lowest BCUT2D eigenvalue weighted by atomic mass is 9.83. The van der Waals surface area contributed by atoms with Crippen LogP contribution < -0.4 is 11.1 Å². The quantitative estimate of drug-likeness (QED) is 0.586. The van der Waals surface area contributed by atoms with Crippen LogP contribution in [0.2, 0.25) is 0 Å². The second-order valence-electron chi connectivity index (χ2n) is 5.12. The predicted molar refractivity (Wildman–Crippen MR) is 76.9 cm³/mol. The third-order valence-electron chi connectivity index (χ3n) is 3.54. The summed E-state index contributed by atoms with van der Waals surface area (Å²) < 4.78 is 5.49. The zero-order valence-electron chi connectivity index (χ0n) is 11.2. The largest absolute Gasteiger partial charge is 0.399 e. The Balaban J connectivity index is 1.56. The van der Waals surface area contributed by atoms with E-state index in [0.29, 0.717) is 18.7 Å². The molecule has 1 aromatic rings. The normalized spacial score (nSPS) is 14.9. The highest BCUT2D eigenvalue weighted by Crippen LogP contribution is 2.29. The Bertz CT molecular complexity index is 416. The van der Waals surface area contributed by atoms with Gasteiger partial charge in [0, 0.05) is 18.0 Å². The molecule has 0 radical (unpaired) electrons. The average Bonchev–Trinajstić information content (AvgIpc) is 2.31. The minimum Gasteiger partial charge on any atom is -0.399 e. The summed E-state index contributed by atoms with van der Waals surface area (Å²) in [4.78, 5) is 11.7. The van der Waals surface area contributed by atoms with Crippen LogP contribution in [0.3, 0.4) is 0 Å². The van der Waals surface area contributed by atoms with Crippen LogP contribution in [-0.2, 0) is 9.53 Å². The van der Waals surface area contributed by atoms with Gasteiger partial charge in [0.05, 0.1) is 13.0 Å². The summed E-state index contributed by atoms with van der Waals surface area (Å²) in [5.41, 5.74) is 7.03. The first-order valence-corrected chi connectivity index (χ1v) is 6.97. The molecule has 0 aliphatic heterocycles. The SMILES string of the molecule is Nc1cccc(NC(=O)CCOCCC2CCC2)c1. The van der Waals surface area contributed by atoms with Crippen LogP contribution in [0, 0.1) is 5.92 Å². The molecule has 1 fully saturated rings. The summed E-state index contributed by atoms with van der Waals surface area (Å²) in [5, 5.41) is 2.81. The second-order valence-corrected chi connectivity index (χ2v) is 5.12. The van der Waals surface area contributed by atoms with Crippen LogP contribution in [0.4, 0.5) is 11.4 Å². The van der Waals surface area contributed by atoms with Gasteiger partial charge in [0.15, 0.2) is 0 Å². The molecule has 0 heterocycles. The second kappa shape index (κ2) is 7.14. The topological polar surface area (TPSA) is 64.3 Å². The summed E-state index contributed by atoms with van der Waals surface area (Å²) in [5.74, 6) is 0.829. The average molecular weight is 262 g/mol. The van der Waals surface area contributed by atoms with Gasteiger partial charge >= 0.3 is 0 Å². The van der Waals surface area contributed by atoms with Crippen molar-refractivity contribution >= 4 is 17.3 Å². The van der Waals surface area contributed by atoms with Gasteiger partial charge in [-0.2, -0.15) is 0 Å². The molecule has 1 saturated carbocycles. The number of ether oxygens (including phenoxy) is 1. The van der Waals surface area contributed by atoms with Crippen molar-refractivity contribution in [2.24, 2.45) is 5.92 Å². The number of anilines is 2. The van der Waals surface area contributed by atoms with E-state index in [-0.39, 0.29) is 5.91 Å². The Labute approximate surface area is 114 Å². The minimum atomic E-state index is -0.0331. The van der Waals surface area contributed by atoms with E-state index in [0.717, 1.165) is 24.6 Å². The molecule has 1 aliphatic rings. The molecule has 1 amide bonds. The van der Waals surface area contributed by atoms with E-state index in [2.05, 4.69) is 5.32 Å². The highest BCUT2D eigenvalue weighted by molar-refractivity contribution is 5.91. The van der Waals surface area contributed by atoms with E-state index in [1.54, 1.807) is 12.1 Å². The number of rotatable bonds is 7. The summed E-state index contributed by atoms with van der Waals surface area (Å²) in [6.07, 6.45) is 5.59. The molecule has 0 atom stereocenters. The Morgan fingerprint density at radius 1 is 1.37 bits per heavy atom. The van der Waals surface area contributed by atoms with Gasteiger partial charge < -0.3 is 15.8 Å². The predicted octanol–water partition coefficient (Wildman–Crippen LogP) is 2.80. The van der Waals surface area contributed by atoms with Crippen LogP contribution in [0.25, 0.3) is 0 Å². The molecular weight excluding hydrogens is 240 g/mol. The third kappa shape index (κ3) is 4.91. The fraction of sp³-hybridized carbons (Fsp3) is 0.533. The third-order valence-corrected chi connectivity index (χ3v) is 3.54. The molecule has 0 spiro atoms. The molecule has 1 aromatic carbocycles.